The van der Waals surface area contributed by atoms with Crippen molar-refractivity contribution in [1.29, 1.82) is 0 Å². The number of hydrogen-bond donors (Lipinski definition) is 0. The summed E-state index contributed by atoms with van der Waals surface area (Å²) in [6, 6.07) is 14.4. The zero-order valence-electron chi connectivity index (χ0n) is 12.3. The van der Waals surface area contributed by atoms with E-state index < -0.39 is 10.0 Å². The highest BCUT2D eigenvalue weighted by Crippen LogP contribution is 2.24. The first-order valence-electron chi connectivity index (χ1n) is 7.23. The average molecular weight is 416 g/mol. The van der Waals surface area contributed by atoms with Gasteiger partial charge in [-0.25, -0.2) is 8.42 Å². The highest BCUT2D eigenvalue weighted by atomic mass is 79.9. The summed E-state index contributed by atoms with van der Waals surface area (Å²) >= 11 is 9.34. The van der Waals surface area contributed by atoms with E-state index >= 15 is 0 Å². The van der Waals surface area contributed by atoms with Crippen LogP contribution >= 0.6 is 27.5 Å². The summed E-state index contributed by atoms with van der Waals surface area (Å²) in [6.07, 6.45) is 0. The van der Waals surface area contributed by atoms with Crippen LogP contribution in [0.4, 0.5) is 5.69 Å². The number of piperazine rings is 1. The van der Waals surface area contributed by atoms with E-state index in [0.29, 0.717) is 36.1 Å². The lowest BCUT2D eigenvalue weighted by molar-refractivity contribution is 0.385. The number of benzene rings is 2. The molecule has 1 aliphatic rings. The summed E-state index contributed by atoms with van der Waals surface area (Å²) < 4.78 is 27.7. The molecule has 1 heterocycles. The van der Waals surface area contributed by atoms with E-state index in [0.717, 1.165) is 10.2 Å². The lowest BCUT2D eigenvalue weighted by atomic mass is 10.2. The summed E-state index contributed by atoms with van der Waals surface area (Å²) in [7, 11) is -3.43. The molecule has 0 radical (unpaired) electrons. The molecule has 0 N–H and O–H groups in total. The summed E-state index contributed by atoms with van der Waals surface area (Å²) in [6.45, 7) is 2.22. The van der Waals surface area contributed by atoms with Crippen LogP contribution in [0.25, 0.3) is 0 Å². The third kappa shape index (κ3) is 3.71. The molecule has 0 aromatic heterocycles. The Hall–Kier alpha value is -1.08. The van der Waals surface area contributed by atoms with Gasteiger partial charge in [0.2, 0.25) is 10.0 Å². The lowest BCUT2D eigenvalue weighted by Crippen LogP contribution is -2.48. The van der Waals surface area contributed by atoms with Crippen LogP contribution < -0.4 is 4.90 Å². The maximum absolute atomic E-state index is 12.7. The molecule has 2 aromatic carbocycles. The quantitative estimate of drug-likeness (QED) is 0.769. The molecule has 1 fully saturated rings. The van der Waals surface area contributed by atoms with Crippen LogP contribution in [0.3, 0.4) is 0 Å². The Morgan fingerprint density at radius 2 is 1.61 bits per heavy atom. The van der Waals surface area contributed by atoms with Crippen molar-refractivity contribution in [1.82, 2.24) is 4.31 Å². The molecular weight excluding hydrogens is 400 g/mol. The summed E-state index contributed by atoms with van der Waals surface area (Å²) in [5.41, 5.74) is 1.03. The van der Waals surface area contributed by atoms with Crippen molar-refractivity contribution in [3.8, 4) is 0 Å². The number of hydrogen-bond acceptors (Lipinski definition) is 3. The molecular formula is C16H16BrClN2O2S. The van der Waals surface area contributed by atoms with Gasteiger partial charge in [0, 0.05) is 41.4 Å². The van der Waals surface area contributed by atoms with E-state index in [9.17, 15) is 8.42 Å². The normalized spacial score (nSPS) is 16.5. The van der Waals surface area contributed by atoms with Gasteiger partial charge < -0.3 is 4.90 Å². The molecule has 0 saturated carbocycles. The van der Waals surface area contributed by atoms with Gasteiger partial charge >= 0.3 is 0 Å². The highest BCUT2D eigenvalue weighted by Gasteiger charge is 2.28. The van der Waals surface area contributed by atoms with Crippen molar-refractivity contribution in [2.24, 2.45) is 0 Å². The Morgan fingerprint density at radius 1 is 0.957 bits per heavy atom. The smallest absolute Gasteiger partial charge is 0.243 e. The largest absolute Gasteiger partial charge is 0.369 e. The van der Waals surface area contributed by atoms with Crippen molar-refractivity contribution in [3.05, 3.63) is 58.0 Å². The first-order valence-corrected chi connectivity index (χ1v) is 9.84. The van der Waals surface area contributed by atoms with E-state index in [-0.39, 0.29) is 0 Å². The average Bonchev–Trinajstić information content (AvgIpc) is 2.55. The van der Waals surface area contributed by atoms with Gasteiger partial charge in [-0.1, -0.05) is 33.6 Å². The van der Waals surface area contributed by atoms with Gasteiger partial charge in [0.1, 0.15) is 0 Å². The van der Waals surface area contributed by atoms with Crippen LogP contribution in [0.15, 0.2) is 57.9 Å². The minimum absolute atomic E-state index is 0.330. The van der Waals surface area contributed by atoms with Crippen molar-refractivity contribution in [2.45, 2.75) is 4.90 Å². The van der Waals surface area contributed by atoms with Crippen molar-refractivity contribution < 1.29 is 8.42 Å². The number of rotatable bonds is 3. The van der Waals surface area contributed by atoms with Gasteiger partial charge in [-0.2, -0.15) is 4.31 Å². The molecule has 23 heavy (non-hydrogen) atoms. The first kappa shape index (κ1) is 16.8. The monoisotopic (exact) mass is 414 g/mol. The Labute approximate surface area is 149 Å². The second-order valence-electron chi connectivity index (χ2n) is 5.32. The number of halogens is 2. The predicted octanol–water partition coefficient (Wildman–Crippen LogP) is 3.61. The molecule has 2 aromatic rings. The fourth-order valence-corrected chi connectivity index (χ4v) is 4.49. The van der Waals surface area contributed by atoms with Crippen molar-refractivity contribution in [2.75, 3.05) is 31.1 Å². The van der Waals surface area contributed by atoms with E-state index in [4.69, 9.17) is 11.6 Å². The molecule has 7 heteroatoms. The predicted molar refractivity (Wildman–Crippen MR) is 96.6 cm³/mol. The molecule has 0 bridgehead atoms. The van der Waals surface area contributed by atoms with Crippen LogP contribution in [0.2, 0.25) is 5.02 Å². The van der Waals surface area contributed by atoms with Gasteiger partial charge in [0.15, 0.2) is 0 Å². The van der Waals surface area contributed by atoms with Gasteiger partial charge in [0.05, 0.1) is 4.90 Å². The molecule has 0 atom stereocenters. The molecule has 0 aliphatic carbocycles. The molecule has 1 aliphatic heterocycles. The number of anilines is 1. The van der Waals surface area contributed by atoms with Crippen LogP contribution in [-0.2, 0) is 10.0 Å². The highest BCUT2D eigenvalue weighted by molar-refractivity contribution is 9.10. The SMILES string of the molecule is O=S(=O)(c1ccc(Br)cc1)N1CCN(c2cccc(Cl)c2)CC1. The number of nitrogens with zero attached hydrogens (tertiary/aromatic N) is 2. The number of sulfonamides is 1. The van der Waals surface area contributed by atoms with Gasteiger partial charge in [-0.05, 0) is 42.5 Å². The lowest BCUT2D eigenvalue weighted by Gasteiger charge is -2.35. The van der Waals surface area contributed by atoms with Crippen LogP contribution in [0, 0.1) is 0 Å². The Bertz CT molecular complexity index is 788. The minimum atomic E-state index is -3.43. The summed E-state index contributed by atoms with van der Waals surface area (Å²) in [5, 5.41) is 0.687. The van der Waals surface area contributed by atoms with Crippen LogP contribution in [0.5, 0.6) is 0 Å². The van der Waals surface area contributed by atoms with Crippen LogP contribution in [-0.4, -0.2) is 38.9 Å². The third-order valence-electron chi connectivity index (χ3n) is 3.86. The Morgan fingerprint density at radius 3 is 2.22 bits per heavy atom. The van der Waals surface area contributed by atoms with E-state index in [1.54, 1.807) is 24.3 Å². The summed E-state index contributed by atoms with van der Waals surface area (Å²) in [4.78, 5) is 2.48. The second-order valence-corrected chi connectivity index (χ2v) is 8.61. The van der Waals surface area contributed by atoms with E-state index in [1.807, 2.05) is 24.3 Å². The topological polar surface area (TPSA) is 40.6 Å². The maximum atomic E-state index is 12.7. The third-order valence-corrected chi connectivity index (χ3v) is 6.54. The zero-order valence-corrected chi connectivity index (χ0v) is 15.5. The van der Waals surface area contributed by atoms with Crippen molar-refractivity contribution in [3.63, 3.8) is 0 Å². The fraction of sp³-hybridized carbons (Fsp3) is 0.250. The zero-order chi connectivity index (χ0) is 16.4. The molecule has 4 nitrogen and oxygen atoms in total. The van der Waals surface area contributed by atoms with Gasteiger partial charge in [-0.3, -0.25) is 0 Å². The second kappa shape index (κ2) is 6.81. The molecule has 0 spiro atoms. The van der Waals surface area contributed by atoms with E-state index in [2.05, 4.69) is 20.8 Å². The Kier molecular flexibility index (Phi) is 4.96. The molecule has 1 saturated heterocycles. The minimum Gasteiger partial charge on any atom is -0.369 e. The fourth-order valence-electron chi connectivity index (χ4n) is 2.62. The maximum Gasteiger partial charge on any atom is 0.243 e. The molecule has 122 valence electrons. The van der Waals surface area contributed by atoms with Gasteiger partial charge in [-0.15, -0.1) is 0 Å². The van der Waals surface area contributed by atoms with Gasteiger partial charge in [0.25, 0.3) is 0 Å². The molecule has 0 unspecified atom stereocenters. The van der Waals surface area contributed by atoms with Crippen molar-refractivity contribution >= 4 is 43.2 Å². The molecule has 0 amide bonds. The van der Waals surface area contributed by atoms with Crippen LogP contribution in [0.1, 0.15) is 0 Å². The molecule has 3 rings (SSSR count). The Balaban J connectivity index is 1.72. The standard InChI is InChI=1S/C16H16BrClN2O2S/c17-13-4-6-16(7-5-13)23(21,22)20-10-8-19(9-11-20)15-3-1-2-14(18)12-15/h1-7,12H,8-11H2. The van der Waals surface area contributed by atoms with E-state index in [1.165, 1.54) is 4.31 Å². The first-order chi connectivity index (χ1) is 11.0. The summed E-state index contributed by atoms with van der Waals surface area (Å²) in [5.74, 6) is 0.